The Hall–Kier alpha value is -0.610. The van der Waals surface area contributed by atoms with Gasteiger partial charge < -0.3 is 10.6 Å². The lowest BCUT2D eigenvalue weighted by atomic mass is 10.1. The maximum Gasteiger partial charge on any atom is 0.106 e. The fraction of sp³-hybridized carbons (Fsp3) is 0.500. The van der Waals surface area contributed by atoms with Crippen LogP contribution in [-0.2, 0) is 0 Å². The maximum atomic E-state index is 5.81. The quantitative estimate of drug-likeness (QED) is 0.855. The van der Waals surface area contributed by atoms with Crippen molar-refractivity contribution >= 4 is 38.8 Å². The number of nitrogens with zero attached hydrogens (tertiary/aromatic N) is 1. The Kier molecular flexibility index (Phi) is 4.62. The Morgan fingerprint density at radius 3 is 2.72 bits per heavy atom. The van der Waals surface area contributed by atoms with Gasteiger partial charge in [-0.1, -0.05) is 41.0 Å². The smallest absolute Gasteiger partial charge is 0.106 e. The molecule has 0 amide bonds. The molecule has 1 fully saturated rings. The molecule has 0 aromatic heterocycles. The molecule has 0 spiro atoms. The highest BCUT2D eigenvalue weighted by atomic mass is 79.9. The van der Waals surface area contributed by atoms with Crippen LogP contribution in [0, 0.1) is 5.92 Å². The summed E-state index contributed by atoms with van der Waals surface area (Å²) >= 11 is 8.61. The Morgan fingerprint density at radius 2 is 2.11 bits per heavy atom. The minimum atomic E-state index is 0.463. The molecular weight excluding hydrogens is 308 g/mol. The monoisotopic (exact) mass is 326 g/mol. The molecule has 1 aromatic carbocycles. The highest BCUT2D eigenvalue weighted by Crippen LogP contribution is 2.29. The van der Waals surface area contributed by atoms with Gasteiger partial charge in [0.25, 0.3) is 0 Å². The van der Waals surface area contributed by atoms with Crippen molar-refractivity contribution in [3.8, 4) is 0 Å². The first-order valence-corrected chi connectivity index (χ1v) is 7.58. The van der Waals surface area contributed by atoms with Gasteiger partial charge in [-0.25, -0.2) is 0 Å². The van der Waals surface area contributed by atoms with Crippen molar-refractivity contribution in [2.75, 3.05) is 18.5 Å². The lowest BCUT2D eigenvalue weighted by Gasteiger charge is -2.25. The van der Waals surface area contributed by atoms with Gasteiger partial charge in [-0.2, -0.15) is 0 Å². The second-order valence-electron chi connectivity index (χ2n) is 5.06. The van der Waals surface area contributed by atoms with Gasteiger partial charge in [-0.15, -0.1) is 0 Å². The van der Waals surface area contributed by atoms with Gasteiger partial charge in [-0.05, 0) is 37.0 Å². The van der Waals surface area contributed by atoms with Crippen molar-refractivity contribution in [1.29, 1.82) is 0 Å². The number of halogens is 1. The average Bonchev–Trinajstić information content (AvgIpc) is 2.81. The number of rotatable bonds is 4. The molecule has 0 aliphatic heterocycles. The van der Waals surface area contributed by atoms with Crippen LogP contribution >= 0.6 is 28.1 Å². The van der Waals surface area contributed by atoms with Gasteiger partial charge >= 0.3 is 0 Å². The molecule has 2 rings (SSSR count). The molecule has 0 radical (unpaired) electrons. The lowest BCUT2D eigenvalue weighted by molar-refractivity contribution is 0.547. The molecular formula is C14H19BrN2S. The van der Waals surface area contributed by atoms with Crippen molar-refractivity contribution in [2.24, 2.45) is 11.7 Å². The van der Waals surface area contributed by atoms with Crippen LogP contribution < -0.4 is 10.6 Å². The van der Waals surface area contributed by atoms with Crippen LogP contribution in [-0.4, -0.2) is 18.6 Å². The molecule has 2 N–H and O–H groups in total. The molecule has 1 aromatic rings. The Bertz CT molecular complexity index is 441. The zero-order valence-corrected chi connectivity index (χ0v) is 13.1. The van der Waals surface area contributed by atoms with Crippen LogP contribution in [0.4, 0.5) is 5.69 Å². The Morgan fingerprint density at radius 1 is 1.44 bits per heavy atom. The molecule has 98 valence electrons. The molecule has 1 aliphatic carbocycles. The predicted molar refractivity (Wildman–Crippen MR) is 85.3 cm³/mol. The van der Waals surface area contributed by atoms with Crippen LogP contribution in [0.1, 0.15) is 31.2 Å². The predicted octanol–water partition coefficient (Wildman–Crippen LogP) is 3.71. The van der Waals surface area contributed by atoms with E-state index in [9.17, 15) is 0 Å². The first kappa shape index (κ1) is 13.8. The van der Waals surface area contributed by atoms with Crippen molar-refractivity contribution < 1.29 is 0 Å². The van der Waals surface area contributed by atoms with Crippen LogP contribution in [0.3, 0.4) is 0 Å². The third-order valence-electron chi connectivity index (χ3n) is 3.64. The summed E-state index contributed by atoms with van der Waals surface area (Å²) in [7, 11) is 2.13. The summed E-state index contributed by atoms with van der Waals surface area (Å²) in [6.45, 7) is 1.09. The Balaban J connectivity index is 2.17. The largest absolute Gasteiger partial charge is 0.389 e. The second-order valence-corrected chi connectivity index (χ2v) is 6.41. The van der Waals surface area contributed by atoms with E-state index in [0.717, 1.165) is 28.2 Å². The first-order chi connectivity index (χ1) is 8.58. The van der Waals surface area contributed by atoms with Crippen LogP contribution in [0.2, 0.25) is 0 Å². The van der Waals surface area contributed by atoms with E-state index in [4.69, 9.17) is 18.0 Å². The van der Waals surface area contributed by atoms with E-state index in [0.29, 0.717) is 4.99 Å². The third kappa shape index (κ3) is 3.23. The second kappa shape index (κ2) is 6.02. The van der Waals surface area contributed by atoms with Gasteiger partial charge in [0.15, 0.2) is 0 Å². The molecule has 0 bridgehead atoms. The van der Waals surface area contributed by atoms with Crippen molar-refractivity contribution in [1.82, 2.24) is 0 Å². The minimum Gasteiger partial charge on any atom is -0.389 e. The topological polar surface area (TPSA) is 29.3 Å². The lowest BCUT2D eigenvalue weighted by Crippen LogP contribution is -2.26. The van der Waals surface area contributed by atoms with Crippen LogP contribution in [0.15, 0.2) is 22.7 Å². The fourth-order valence-electron chi connectivity index (χ4n) is 2.72. The SMILES string of the molecule is CN(CC1CCCC1)c1ccc(Br)cc1C(N)=S. The summed E-state index contributed by atoms with van der Waals surface area (Å²) in [5.74, 6) is 0.817. The maximum absolute atomic E-state index is 5.81. The van der Waals surface area contributed by atoms with Crippen LogP contribution in [0.5, 0.6) is 0 Å². The van der Waals surface area contributed by atoms with E-state index >= 15 is 0 Å². The normalized spacial score (nSPS) is 15.9. The van der Waals surface area contributed by atoms with Crippen molar-refractivity contribution in [3.63, 3.8) is 0 Å². The van der Waals surface area contributed by atoms with Crippen LogP contribution in [0.25, 0.3) is 0 Å². The summed E-state index contributed by atoms with van der Waals surface area (Å²) in [5.41, 5.74) is 7.91. The summed E-state index contributed by atoms with van der Waals surface area (Å²) in [5, 5.41) is 0. The molecule has 1 saturated carbocycles. The molecule has 0 saturated heterocycles. The molecule has 2 nitrogen and oxygen atoms in total. The van der Waals surface area contributed by atoms with E-state index < -0.39 is 0 Å². The Labute approximate surface area is 123 Å². The number of anilines is 1. The molecule has 0 heterocycles. The number of thiocarbonyl (C=S) groups is 1. The zero-order chi connectivity index (χ0) is 13.1. The molecule has 4 heteroatoms. The highest BCUT2D eigenvalue weighted by Gasteiger charge is 2.18. The molecule has 0 atom stereocenters. The van der Waals surface area contributed by atoms with Gasteiger partial charge in [0.1, 0.15) is 4.99 Å². The zero-order valence-electron chi connectivity index (χ0n) is 10.7. The number of hydrogen-bond donors (Lipinski definition) is 1. The van der Waals surface area contributed by atoms with E-state index in [1.54, 1.807) is 0 Å². The van der Waals surface area contributed by atoms with Gasteiger partial charge in [0.05, 0.1) is 0 Å². The number of nitrogens with two attached hydrogens (primary N) is 1. The summed E-state index contributed by atoms with van der Waals surface area (Å²) in [6.07, 6.45) is 5.45. The van der Waals surface area contributed by atoms with Crippen molar-refractivity contribution in [2.45, 2.75) is 25.7 Å². The fourth-order valence-corrected chi connectivity index (χ4v) is 3.24. The van der Waals surface area contributed by atoms with Gasteiger partial charge in [0.2, 0.25) is 0 Å². The van der Waals surface area contributed by atoms with Gasteiger partial charge in [0, 0.05) is 29.3 Å². The highest BCUT2D eigenvalue weighted by molar-refractivity contribution is 9.10. The molecule has 0 unspecified atom stereocenters. The number of benzene rings is 1. The summed E-state index contributed by atoms with van der Waals surface area (Å²) in [6, 6.07) is 6.14. The standard InChI is InChI=1S/C14H19BrN2S/c1-17(9-10-4-2-3-5-10)13-7-6-11(15)8-12(13)14(16)18/h6-8,10H,2-5,9H2,1H3,(H2,16,18). The molecule has 18 heavy (non-hydrogen) atoms. The number of hydrogen-bond acceptors (Lipinski definition) is 2. The van der Waals surface area contributed by atoms with Gasteiger partial charge in [-0.3, -0.25) is 0 Å². The third-order valence-corrected chi connectivity index (χ3v) is 4.36. The average molecular weight is 327 g/mol. The van der Waals surface area contributed by atoms with E-state index in [1.165, 1.54) is 25.7 Å². The van der Waals surface area contributed by atoms with E-state index in [2.05, 4.69) is 33.9 Å². The minimum absolute atomic E-state index is 0.463. The molecule has 1 aliphatic rings. The summed E-state index contributed by atoms with van der Waals surface area (Å²) < 4.78 is 1.02. The van der Waals surface area contributed by atoms with E-state index in [1.807, 2.05) is 12.1 Å². The van der Waals surface area contributed by atoms with Crippen molar-refractivity contribution in [3.05, 3.63) is 28.2 Å². The van der Waals surface area contributed by atoms with E-state index in [-0.39, 0.29) is 0 Å². The summed E-state index contributed by atoms with van der Waals surface area (Å²) in [4.78, 5) is 2.75. The first-order valence-electron chi connectivity index (χ1n) is 6.38.